The standard InChI is InChI=1S/C18H28FNO/c1-6-10-20-16(13-8-7-9-14(19)11-13)15-12-17(2,3)21-18(15,4)5/h7-9,11,15-16,20H,6,10,12H2,1-5H3. The van der Waals surface area contributed by atoms with Gasteiger partial charge >= 0.3 is 0 Å². The topological polar surface area (TPSA) is 21.3 Å². The van der Waals surface area contributed by atoms with E-state index in [2.05, 4.69) is 39.9 Å². The Morgan fingerprint density at radius 1 is 1.33 bits per heavy atom. The molecule has 1 fully saturated rings. The van der Waals surface area contributed by atoms with Crippen molar-refractivity contribution < 1.29 is 9.13 Å². The number of hydrogen-bond donors (Lipinski definition) is 1. The molecule has 0 aliphatic carbocycles. The fourth-order valence-electron chi connectivity index (χ4n) is 3.62. The van der Waals surface area contributed by atoms with Gasteiger partial charge in [0.05, 0.1) is 11.2 Å². The molecule has 0 amide bonds. The molecule has 1 N–H and O–H groups in total. The molecule has 21 heavy (non-hydrogen) atoms. The molecule has 0 radical (unpaired) electrons. The van der Waals surface area contributed by atoms with E-state index < -0.39 is 0 Å². The van der Waals surface area contributed by atoms with Crippen molar-refractivity contribution in [1.82, 2.24) is 5.32 Å². The van der Waals surface area contributed by atoms with Gasteiger partial charge in [0, 0.05) is 12.0 Å². The summed E-state index contributed by atoms with van der Waals surface area (Å²) in [5.74, 6) is 0.146. The molecule has 1 saturated heterocycles. The van der Waals surface area contributed by atoms with Crippen molar-refractivity contribution in [1.29, 1.82) is 0 Å². The second kappa shape index (κ2) is 6.05. The smallest absolute Gasteiger partial charge is 0.123 e. The average molecular weight is 293 g/mol. The second-order valence-electron chi connectivity index (χ2n) is 7.26. The Morgan fingerprint density at radius 2 is 2.05 bits per heavy atom. The van der Waals surface area contributed by atoms with E-state index in [1.807, 2.05) is 6.07 Å². The van der Waals surface area contributed by atoms with Crippen LogP contribution in [0, 0.1) is 11.7 Å². The third kappa shape index (κ3) is 3.83. The predicted octanol–water partition coefficient (Wildman–Crippen LogP) is 4.46. The van der Waals surface area contributed by atoms with Gasteiger partial charge in [-0.2, -0.15) is 0 Å². The first kappa shape index (κ1) is 16.4. The van der Waals surface area contributed by atoms with Crippen LogP contribution in [0.5, 0.6) is 0 Å². The van der Waals surface area contributed by atoms with Crippen molar-refractivity contribution in [3.05, 3.63) is 35.6 Å². The fourth-order valence-corrected chi connectivity index (χ4v) is 3.62. The molecule has 2 nitrogen and oxygen atoms in total. The van der Waals surface area contributed by atoms with E-state index in [-0.39, 0.29) is 23.1 Å². The largest absolute Gasteiger partial charge is 0.369 e. The molecule has 0 aromatic heterocycles. The van der Waals surface area contributed by atoms with Gasteiger partial charge in [0.2, 0.25) is 0 Å². The van der Waals surface area contributed by atoms with Crippen LogP contribution in [0.15, 0.2) is 24.3 Å². The van der Waals surface area contributed by atoms with Crippen LogP contribution in [0.25, 0.3) is 0 Å². The first-order valence-electron chi connectivity index (χ1n) is 7.94. The first-order chi connectivity index (χ1) is 9.75. The Morgan fingerprint density at radius 3 is 2.57 bits per heavy atom. The minimum absolute atomic E-state index is 0.123. The molecule has 0 saturated carbocycles. The Labute approximate surface area is 128 Å². The zero-order valence-electron chi connectivity index (χ0n) is 13.9. The van der Waals surface area contributed by atoms with Crippen molar-refractivity contribution in [2.24, 2.45) is 5.92 Å². The lowest BCUT2D eigenvalue weighted by atomic mass is 9.79. The Kier molecular flexibility index (Phi) is 4.74. The Hall–Kier alpha value is -0.930. The molecule has 118 valence electrons. The normalized spacial score (nSPS) is 25.0. The Bertz CT molecular complexity index is 484. The highest BCUT2D eigenvalue weighted by molar-refractivity contribution is 5.23. The molecule has 1 heterocycles. The van der Waals surface area contributed by atoms with E-state index in [0.717, 1.165) is 24.9 Å². The molecule has 0 bridgehead atoms. The van der Waals surface area contributed by atoms with Crippen LogP contribution >= 0.6 is 0 Å². The van der Waals surface area contributed by atoms with Gasteiger partial charge in [0.25, 0.3) is 0 Å². The number of halogens is 1. The highest BCUT2D eigenvalue weighted by Gasteiger charge is 2.49. The molecule has 1 aromatic rings. The van der Waals surface area contributed by atoms with Gasteiger partial charge in [-0.1, -0.05) is 19.1 Å². The van der Waals surface area contributed by atoms with Crippen LogP contribution in [-0.4, -0.2) is 17.7 Å². The lowest BCUT2D eigenvalue weighted by Crippen LogP contribution is -2.38. The van der Waals surface area contributed by atoms with E-state index in [0.29, 0.717) is 5.92 Å². The molecule has 1 aliphatic heterocycles. The summed E-state index contributed by atoms with van der Waals surface area (Å²) < 4.78 is 19.8. The molecule has 1 aromatic carbocycles. The average Bonchev–Trinajstić information content (AvgIpc) is 2.58. The maximum absolute atomic E-state index is 13.6. The summed E-state index contributed by atoms with van der Waals surface area (Å²) in [4.78, 5) is 0. The van der Waals surface area contributed by atoms with E-state index in [1.54, 1.807) is 12.1 Å². The quantitative estimate of drug-likeness (QED) is 0.865. The second-order valence-corrected chi connectivity index (χ2v) is 7.26. The van der Waals surface area contributed by atoms with E-state index in [4.69, 9.17) is 4.74 Å². The van der Waals surface area contributed by atoms with Crippen LogP contribution in [0.1, 0.15) is 59.1 Å². The molecule has 2 unspecified atom stereocenters. The van der Waals surface area contributed by atoms with Gasteiger partial charge in [0.15, 0.2) is 0 Å². The van der Waals surface area contributed by atoms with Crippen LogP contribution in [0.3, 0.4) is 0 Å². The maximum atomic E-state index is 13.6. The fraction of sp³-hybridized carbons (Fsp3) is 0.667. The van der Waals surface area contributed by atoms with E-state index in [1.165, 1.54) is 6.07 Å². The molecule has 2 rings (SSSR count). The summed E-state index contributed by atoms with van der Waals surface area (Å²) in [6.45, 7) is 11.6. The molecule has 0 spiro atoms. The van der Waals surface area contributed by atoms with Crippen molar-refractivity contribution in [3.63, 3.8) is 0 Å². The number of nitrogens with one attached hydrogen (secondary N) is 1. The monoisotopic (exact) mass is 293 g/mol. The summed E-state index contributed by atoms with van der Waals surface area (Å²) in [6, 6.07) is 7.07. The van der Waals surface area contributed by atoms with Gasteiger partial charge in [-0.3, -0.25) is 0 Å². The highest BCUT2D eigenvalue weighted by atomic mass is 19.1. The SMILES string of the molecule is CCCNC(c1cccc(F)c1)C1CC(C)(C)OC1(C)C. The lowest BCUT2D eigenvalue weighted by molar-refractivity contribution is -0.0778. The van der Waals surface area contributed by atoms with Crippen molar-refractivity contribution >= 4 is 0 Å². The van der Waals surface area contributed by atoms with Crippen LogP contribution < -0.4 is 5.32 Å². The minimum atomic E-state index is -0.221. The minimum Gasteiger partial charge on any atom is -0.369 e. The van der Waals surface area contributed by atoms with E-state index in [9.17, 15) is 4.39 Å². The lowest BCUT2D eigenvalue weighted by Gasteiger charge is -2.34. The molecule has 2 atom stereocenters. The Balaban J connectivity index is 2.32. The third-order valence-corrected chi connectivity index (χ3v) is 4.37. The van der Waals surface area contributed by atoms with Crippen molar-refractivity contribution in [2.75, 3.05) is 6.54 Å². The molecule has 3 heteroatoms. The van der Waals surface area contributed by atoms with Crippen molar-refractivity contribution in [2.45, 2.75) is 64.7 Å². The number of ether oxygens (including phenoxy) is 1. The van der Waals surface area contributed by atoms with Crippen LogP contribution in [0.4, 0.5) is 4.39 Å². The molecule has 1 aliphatic rings. The zero-order valence-corrected chi connectivity index (χ0v) is 13.9. The van der Waals surface area contributed by atoms with Gasteiger partial charge in [-0.15, -0.1) is 0 Å². The van der Waals surface area contributed by atoms with Crippen LogP contribution in [0.2, 0.25) is 0 Å². The summed E-state index contributed by atoms with van der Waals surface area (Å²) in [5.41, 5.74) is 0.664. The number of hydrogen-bond acceptors (Lipinski definition) is 2. The summed E-state index contributed by atoms with van der Waals surface area (Å²) in [5, 5.41) is 3.60. The molecular formula is C18H28FNO. The highest BCUT2D eigenvalue weighted by Crippen LogP contribution is 2.47. The predicted molar refractivity (Wildman–Crippen MR) is 84.8 cm³/mol. The third-order valence-electron chi connectivity index (χ3n) is 4.37. The van der Waals surface area contributed by atoms with Crippen molar-refractivity contribution in [3.8, 4) is 0 Å². The number of benzene rings is 1. The van der Waals surface area contributed by atoms with Gasteiger partial charge in [-0.25, -0.2) is 4.39 Å². The van der Waals surface area contributed by atoms with Crippen LogP contribution in [-0.2, 0) is 4.74 Å². The van der Waals surface area contributed by atoms with E-state index >= 15 is 0 Å². The summed E-state index contributed by atoms with van der Waals surface area (Å²) in [6.07, 6.45) is 2.03. The first-order valence-corrected chi connectivity index (χ1v) is 7.94. The zero-order chi connectivity index (χ0) is 15.7. The number of rotatable bonds is 5. The van der Waals surface area contributed by atoms with Gasteiger partial charge < -0.3 is 10.1 Å². The maximum Gasteiger partial charge on any atom is 0.123 e. The summed E-state index contributed by atoms with van der Waals surface area (Å²) in [7, 11) is 0. The molecular weight excluding hydrogens is 265 g/mol. The van der Waals surface area contributed by atoms with Gasteiger partial charge in [0.1, 0.15) is 5.82 Å². The van der Waals surface area contributed by atoms with Gasteiger partial charge in [-0.05, 0) is 64.8 Å². The summed E-state index contributed by atoms with van der Waals surface area (Å²) >= 11 is 0.